The van der Waals surface area contributed by atoms with Gasteiger partial charge in [-0.3, -0.25) is 0 Å². The summed E-state index contributed by atoms with van der Waals surface area (Å²) in [7, 11) is 0. The lowest BCUT2D eigenvalue weighted by Gasteiger charge is -2.28. The van der Waals surface area contributed by atoms with E-state index in [-0.39, 0.29) is 17.9 Å². The van der Waals surface area contributed by atoms with Crippen LogP contribution >= 0.6 is 0 Å². The Balaban J connectivity index is 2.35. The minimum Gasteiger partial charge on any atom is -0.447 e. The molecule has 0 spiro atoms. The van der Waals surface area contributed by atoms with Gasteiger partial charge in [0.25, 0.3) is 0 Å². The molecule has 0 amide bonds. The van der Waals surface area contributed by atoms with Crippen LogP contribution in [0.4, 0.5) is 13.2 Å². The first kappa shape index (κ1) is 10.6. The molecule has 1 aromatic carbocycles. The van der Waals surface area contributed by atoms with Gasteiger partial charge >= 0.3 is 12.5 Å². The van der Waals surface area contributed by atoms with E-state index in [0.29, 0.717) is 5.56 Å². The first-order valence-corrected chi connectivity index (χ1v) is 4.40. The molecule has 0 saturated heterocycles. The van der Waals surface area contributed by atoms with Crippen molar-refractivity contribution in [2.45, 2.75) is 18.9 Å². The van der Waals surface area contributed by atoms with Crippen molar-refractivity contribution in [2.75, 3.05) is 0 Å². The fraction of sp³-hybridized carbons (Fsp3) is 0.300. The van der Waals surface area contributed by atoms with Gasteiger partial charge in [-0.25, -0.2) is 0 Å². The number of benzene rings is 1. The summed E-state index contributed by atoms with van der Waals surface area (Å²) in [5.74, 6) is -0.355. The van der Waals surface area contributed by atoms with Gasteiger partial charge in [-0.2, -0.15) is 18.4 Å². The lowest BCUT2D eigenvalue weighted by Crippen LogP contribution is -2.43. The predicted molar refractivity (Wildman–Crippen MR) is 46.9 cm³/mol. The molecule has 1 aromatic rings. The number of halogens is 3. The summed E-state index contributed by atoms with van der Waals surface area (Å²) in [5, 5.41) is 8.44. The second-order valence-corrected chi connectivity index (χ2v) is 3.21. The smallest absolute Gasteiger partial charge is 0.447 e. The molecule has 1 unspecified atom stereocenters. The standard InChI is InChI=1S/C10H6F3NO2/c11-9-10(12,13)16-8-5-6(3-4-14)1-2-7(8)15-9/h1-2,5,9H,3H2. The summed E-state index contributed by atoms with van der Waals surface area (Å²) in [6.45, 7) is 0. The van der Waals surface area contributed by atoms with Crippen LogP contribution in [0.2, 0.25) is 0 Å². The number of hydrogen-bond donors (Lipinski definition) is 0. The number of hydrogen-bond acceptors (Lipinski definition) is 3. The molecule has 0 aromatic heterocycles. The largest absolute Gasteiger partial charge is 0.468 e. The third kappa shape index (κ3) is 1.76. The number of nitrogens with zero attached hydrogens (tertiary/aromatic N) is 1. The van der Waals surface area contributed by atoms with Crippen LogP contribution in [-0.2, 0) is 6.42 Å². The summed E-state index contributed by atoms with van der Waals surface area (Å²) in [4.78, 5) is 0. The molecule has 16 heavy (non-hydrogen) atoms. The van der Waals surface area contributed by atoms with Gasteiger partial charge in [0.2, 0.25) is 0 Å². The molecular formula is C10H6F3NO2. The Morgan fingerprint density at radius 1 is 1.38 bits per heavy atom. The van der Waals surface area contributed by atoms with E-state index in [1.54, 1.807) is 0 Å². The summed E-state index contributed by atoms with van der Waals surface area (Å²) in [5.41, 5.74) is 0.498. The van der Waals surface area contributed by atoms with E-state index in [1.165, 1.54) is 18.2 Å². The Hall–Kier alpha value is -1.90. The Morgan fingerprint density at radius 3 is 2.81 bits per heavy atom. The maximum atomic E-state index is 12.8. The first-order valence-electron chi connectivity index (χ1n) is 4.40. The van der Waals surface area contributed by atoms with Crippen molar-refractivity contribution in [2.24, 2.45) is 0 Å². The van der Waals surface area contributed by atoms with Gasteiger partial charge < -0.3 is 9.47 Å². The van der Waals surface area contributed by atoms with Gasteiger partial charge in [-0.15, -0.1) is 0 Å². The quantitative estimate of drug-likeness (QED) is 0.742. The normalized spacial score (nSPS) is 21.2. The molecular weight excluding hydrogens is 223 g/mol. The number of alkyl halides is 3. The van der Waals surface area contributed by atoms with Gasteiger partial charge in [0.05, 0.1) is 12.5 Å². The van der Waals surface area contributed by atoms with Crippen LogP contribution in [0.25, 0.3) is 0 Å². The molecule has 0 radical (unpaired) electrons. The third-order valence-corrected chi connectivity index (χ3v) is 2.03. The highest BCUT2D eigenvalue weighted by atomic mass is 19.3. The van der Waals surface area contributed by atoms with Crippen molar-refractivity contribution in [3.8, 4) is 17.6 Å². The van der Waals surface area contributed by atoms with Gasteiger partial charge in [0.15, 0.2) is 11.5 Å². The highest BCUT2D eigenvalue weighted by Crippen LogP contribution is 2.40. The summed E-state index contributed by atoms with van der Waals surface area (Å²) in [6, 6.07) is 5.88. The molecule has 1 heterocycles. The lowest BCUT2D eigenvalue weighted by atomic mass is 10.1. The van der Waals surface area contributed by atoms with E-state index in [9.17, 15) is 13.2 Å². The molecule has 1 atom stereocenters. The average molecular weight is 229 g/mol. The number of nitriles is 1. The molecule has 6 heteroatoms. The van der Waals surface area contributed by atoms with Crippen LogP contribution in [0.3, 0.4) is 0 Å². The maximum absolute atomic E-state index is 12.8. The molecule has 1 aliphatic heterocycles. The SMILES string of the molecule is N#CCc1ccc2c(c1)OC(F)(F)C(F)O2. The topological polar surface area (TPSA) is 42.2 Å². The van der Waals surface area contributed by atoms with Gasteiger partial charge in [-0.05, 0) is 17.7 Å². The number of fused-ring (bicyclic) bond motifs is 1. The molecule has 0 N–H and O–H groups in total. The molecule has 84 valence electrons. The number of ether oxygens (including phenoxy) is 2. The van der Waals surface area contributed by atoms with Crippen molar-refractivity contribution >= 4 is 0 Å². The summed E-state index contributed by atoms with van der Waals surface area (Å²) in [6.07, 6.45) is -6.76. The van der Waals surface area contributed by atoms with Crippen molar-refractivity contribution in [1.29, 1.82) is 5.26 Å². The van der Waals surface area contributed by atoms with Gasteiger partial charge in [-0.1, -0.05) is 6.07 Å². The van der Waals surface area contributed by atoms with Crippen LogP contribution in [0.5, 0.6) is 11.5 Å². The molecule has 1 aliphatic rings. The van der Waals surface area contributed by atoms with E-state index >= 15 is 0 Å². The van der Waals surface area contributed by atoms with E-state index in [2.05, 4.69) is 9.47 Å². The average Bonchev–Trinajstić information content (AvgIpc) is 2.20. The van der Waals surface area contributed by atoms with Gasteiger partial charge in [0.1, 0.15) is 0 Å². The van der Waals surface area contributed by atoms with Crippen molar-refractivity contribution in [1.82, 2.24) is 0 Å². The zero-order valence-corrected chi connectivity index (χ0v) is 7.91. The van der Waals surface area contributed by atoms with Crippen LogP contribution in [-0.4, -0.2) is 12.5 Å². The first-order chi connectivity index (χ1) is 7.53. The minimum atomic E-state index is -4.00. The monoisotopic (exact) mass is 229 g/mol. The highest BCUT2D eigenvalue weighted by molar-refractivity contribution is 5.45. The fourth-order valence-corrected chi connectivity index (χ4v) is 1.30. The van der Waals surface area contributed by atoms with Gasteiger partial charge in [0, 0.05) is 0 Å². The van der Waals surface area contributed by atoms with Crippen molar-refractivity contribution < 1.29 is 22.6 Å². The molecule has 3 nitrogen and oxygen atoms in total. The van der Waals surface area contributed by atoms with E-state index in [0.717, 1.165) is 0 Å². The van der Waals surface area contributed by atoms with Crippen LogP contribution in [0.15, 0.2) is 18.2 Å². The summed E-state index contributed by atoms with van der Waals surface area (Å²) >= 11 is 0. The highest BCUT2D eigenvalue weighted by Gasteiger charge is 2.49. The third-order valence-electron chi connectivity index (χ3n) is 2.03. The second-order valence-electron chi connectivity index (χ2n) is 3.21. The maximum Gasteiger partial charge on any atom is 0.468 e. The van der Waals surface area contributed by atoms with Crippen molar-refractivity contribution in [3.05, 3.63) is 23.8 Å². The van der Waals surface area contributed by atoms with Crippen LogP contribution in [0, 0.1) is 11.3 Å². The molecule has 0 bridgehead atoms. The molecule has 0 aliphatic carbocycles. The minimum absolute atomic E-state index is 0.0568. The Bertz CT molecular complexity index is 456. The molecule has 2 rings (SSSR count). The van der Waals surface area contributed by atoms with Crippen molar-refractivity contribution in [3.63, 3.8) is 0 Å². The molecule has 0 saturated carbocycles. The zero-order valence-electron chi connectivity index (χ0n) is 7.91. The van der Waals surface area contributed by atoms with E-state index < -0.39 is 12.5 Å². The fourth-order valence-electron chi connectivity index (χ4n) is 1.30. The zero-order chi connectivity index (χ0) is 11.8. The van der Waals surface area contributed by atoms with E-state index in [1.807, 2.05) is 6.07 Å². The van der Waals surface area contributed by atoms with Crippen LogP contribution < -0.4 is 9.47 Å². The summed E-state index contributed by atoms with van der Waals surface area (Å²) < 4.78 is 46.9. The Kier molecular flexibility index (Phi) is 2.38. The lowest BCUT2D eigenvalue weighted by molar-refractivity contribution is -0.281. The second kappa shape index (κ2) is 3.59. The Labute approximate surface area is 89.0 Å². The van der Waals surface area contributed by atoms with Crippen LogP contribution in [0.1, 0.15) is 5.56 Å². The molecule has 0 fully saturated rings. The van der Waals surface area contributed by atoms with E-state index in [4.69, 9.17) is 5.26 Å². The number of rotatable bonds is 1. The predicted octanol–water partition coefficient (Wildman–Crippen LogP) is 2.41. The Morgan fingerprint density at radius 2 is 2.12 bits per heavy atom.